The van der Waals surface area contributed by atoms with Crippen LogP contribution in [-0.2, 0) is 11.3 Å². The summed E-state index contributed by atoms with van der Waals surface area (Å²) >= 11 is 3.28. The van der Waals surface area contributed by atoms with Crippen LogP contribution in [0.2, 0.25) is 0 Å². The zero-order chi connectivity index (χ0) is 20.6. The van der Waals surface area contributed by atoms with Crippen LogP contribution in [0, 0.1) is 0 Å². The van der Waals surface area contributed by atoms with E-state index in [1.54, 1.807) is 23.1 Å². The molecule has 4 aromatic rings. The molecule has 0 atom stereocenters. The van der Waals surface area contributed by atoms with Crippen molar-refractivity contribution in [3.8, 4) is 16.4 Å². The predicted octanol–water partition coefficient (Wildman–Crippen LogP) is 5.18. The molecule has 0 fully saturated rings. The van der Waals surface area contributed by atoms with Crippen molar-refractivity contribution in [2.75, 3.05) is 5.75 Å². The van der Waals surface area contributed by atoms with Gasteiger partial charge in [-0.25, -0.2) is 0 Å². The zero-order valence-electron chi connectivity index (χ0n) is 16.4. The average Bonchev–Trinajstić information content (AvgIpc) is 3.46. The second-order valence-electron chi connectivity index (χ2n) is 6.67. The minimum Gasteiger partial charge on any atom is -0.352 e. The first kappa shape index (κ1) is 20.4. The first-order chi connectivity index (χ1) is 14.8. The number of carbonyl (C=O) groups is 1. The standard InChI is InChI=1S/C23H22N4OS2/c28-21(24-17-18-9-3-1-4-10-18)14-8-16-30-23-26-25-22(20-13-7-15-29-20)27(23)19-11-5-2-6-12-19/h1-7,9-13,15H,8,14,16-17H2,(H,24,28). The molecule has 0 spiro atoms. The van der Waals surface area contributed by atoms with E-state index >= 15 is 0 Å². The summed E-state index contributed by atoms with van der Waals surface area (Å²) in [5.41, 5.74) is 2.14. The smallest absolute Gasteiger partial charge is 0.220 e. The number of hydrogen-bond donors (Lipinski definition) is 1. The fourth-order valence-electron chi connectivity index (χ4n) is 3.02. The van der Waals surface area contributed by atoms with E-state index in [9.17, 15) is 4.79 Å². The first-order valence-electron chi connectivity index (χ1n) is 9.79. The highest BCUT2D eigenvalue weighted by molar-refractivity contribution is 7.99. The number of carbonyl (C=O) groups excluding carboxylic acids is 1. The number of nitrogens with one attached hydrogen (secondary N) is 1. The van der Waals surface area contributed by atoms with Crippen molar-refractivity contribution < 1.29 is 4.79 Å². The molecule has 0 aliphatic rings. The zero-order valence-corrected chi connectivity index (χ0v) is 18.0. The van der Waals surface area contributed by atoms with Gasteiger partial charge in [-0.1, -0.05) is 66.4 Å². The van der Waals surface area contributed by atoms with E-state index < -0.39 is 0 Å². The van der Waals surface area contributed by atoms with Crippen LogP contribution in [0.1, 0.15) is 18.4 Å². The largest absolute Gasteiger partial charge is 0.352 e. The summed E-state index contributed by atoms with van der Waals surface area (Å²) in [7, 11) is 0. The molecular formula is C23H22N4OS2. The molecule has 4 rings (SSSR count). The summed E-state index contributed by atoms with van der Waals surface area (Å²) in [5, 5.41) is 14.7. The summed E-state index contributed by atoms with van der Waals surface area (Å²) in [6.45, 7) is 0.569. The van der Waals surface area contributed by atoms with Crippen molar-refractivity contribution in [1.29, 1.82) is 0 Å². The van der Waals surface area contributed by atoms with Crippen LogP contribution in [0.3, 0.4) is 0 Å². The molecule has 0 unspecified atom stereocenters. The van der Waals surface area contributed by atoms with Crippen molar-refractivity contribution in [2.24, 2.45) is 0 Å². The van der Waals surface area contributed by atoms with Crippen LogP contribution < -0.4 is 5.32 Å². The molecule has 0 saturated carbocycles. The van der Waals surface area contributed by atoms with Gasteiger partial charge in [0.1, 0.15) is 0 Å². The molecule has 30 heavy (non-hydrogen) atoms. The number of benzene rings is 2. The number of thiophene rings is 1. The molecule has 2 aromatic heterocycles. The number of aromatic nitrogens is 3. The van der Waals surface area contributed by atoms with E-state index in [0.717, 1.165) is 39.3 Å². The van der Waals surface area contributed by atoms with E-state index in [2.05, 4.69) is 38.3 Å². The molecule has 2 heterocycles. The maximum absolute atomic E-state index is 12.1. The molecule has 0 saturated heterocycles. The lowest BCUT2D eigenvalue weighted by molar-refractivity contribution is -0.121. The van der Waals surface area contributed by atoms with Gasteiger partial charge in [0, 0.05) is 24.4 Å². The van der Waals surface area contributed by atoms with Crippen molar-refractivity contribution in [3.05, 3.63) is 83.7 Å². The Kier molecular flexibility index (Phi) is 6.95. The third-order valence-electron chi connectivity index (χ3n) is 4.50. The van der Waals surface area contributed by atoms with Gasteiger partial charge in [-0.2, -0.15) is 0 Å². The Labute approximate surface area is 184 Å². The van der Waals surface area contributed by atoms with Crippen LogP contribution in [0.15, 0.2) is 83.3 Å². The SMILES string of the molecule is O=C(CCCSc1nnc(-c2cccs2)n1-c1ccccc1)NCc1ccccc1. The normalized spacial score (nSPS) is 10.8. The van der Waals surface area contributed by atoms with Gasteiger partial charge in [0.25, 0.3) is 0 Å². The number of nitrogens with zero attached hydrogens (tertiary/aromatic N) is 3. The molecule has 2 aromatic carbocycles. The number of amides is 1. The lowest BCUT2D eigenvalue weighted by Crippen LogP contribution is -2.22. The van der Waals surface area contributed by atoms with Crippen LogP contribution in [0.4, 0.5) is 0 Å². The van der Waals surface area contributed by atoms with Crippen LogP contribution in [0.25, 0.3) is 16.4 Å². The Bertz CT molecular complexity index is 1060. The van der Waals surface area contributed by atoms with Gasteiger partial charge in [0.05, 0.1) is 4.88 Å². The topological polar surface area (TPSA) is 59.8 Å². The molecule has 0 aliphatic heterocycles. The van der Waals surface area contributed by atoms with Crippen LogP contribution in [-0.4, -0.2) is 26.4 Å². The Hall–Kier alpha value is -2.90. The minimum absolute atomic E-state index is 0.0725. The van der Waals surface area contributed by atoms with Crippen LogP contribution >= 0.6 is 23.1 Å². The maximum Gasteiger partial charge on any atom is 0.220 e. The van der Waals surface area contributed by atoms with Gasteiger partial charge in [0.15, 0.2) is 11.0 Å². The van der Waals surface area contributed by atoms with E-state index in [1.807, 2.05) is 60.0 Å². The van der Waals surface area contributed by atoms with Gasteiger partial charge in [0.2, 0.25) is 5.91 Å². The lowest BCUT2D eigenvalue weighted by Gasteiger charge is -2.09. The lowest BCUT2D eigenvalue weighted by atomic mass is 10.2. The molecule has 0 bridgehead atoms. The maximum atomic E-state index is 12.1. The molecule has 7 heteroatoms. The Morgan fingerprint density at radius 1 is 0.967 bits per heavy atom. The number of para-hydroxylation sites is 1. The second-order valence-corrected chi connectivity index (χ2v) is 8.68. The Morgan fingerprint density at radius 2 is 1.73 bits per heavy atom. The third-order valence-corrected chi connectivity index (χ3v) is 6.38. The van der Waals surface area contributed by atoms with Gasteiger partial charge >= 0.3 is 0 Å². The van der Waals surface area contributed by atoms with Crippen molar-refractivity contribution >= 4 is 29.0 Å². The third kappa shape index (κ3) is 5.17. The van der Waals surface area contributed by atoms with E-state index in [-0.39, 0.29) is 5.91 Å². The molecular weight excluding hydrogens is 412 g/mol. The second kappa shape index (κ2) is 10.2. The molecule has 1 N–H and O–H groups in total. The molecule has 0 radical (unpaired) electrons. The van der Waals surface area contributed by atoms with Crippen molar-refractivity contribution in [1.82, 2.24) is 20.1 Å². The van der Waals surface area contributed by atoms with Gasteiger partial charge in [-0.05, 0) is 35.6 Å². The number of rotatable bonds is 9. The van der Waals surface area contributed by atoms with Gasteiger partial charge in [-0.3, -0.25) is 9.36 Å². The summed E-state index contributed by atoms with van der Waals surface area (Å²) in [6, 6.07) is 24.2. The molecule has 1 amide bonds. The first-order valence-corrected chi connectivity index (χ1v) is 11.7. The highest BCUT2D eigenvalue weighted by Crippen LogP contribution is 2.30. The summed E-state index contributed by atoms with van der Waals surface area (Å²) < 4.78 is 2.09. The molecule has 152 valence electrons. The fourth-order valence-corrected chi connectivity index (χ4v) is 4.61. The summed E-state index contributed by atoms with van der Waals surface area (Å²) in [6.07, 6.45) is 1.28. The summed E-state index contributed by atoms with van der Waals surface area (Å²) in [5.74, 6) is 1.72. The average molecular weight is 435 g/mol. The highest BCUT2D eigenvalue weighted by Gasteiger charge is 2.16. The Balaban J connectivity index is 1.35. The number of hydrogen-bond acceptors (Lipinski definition) is 5. The Morgan fingerprint density at radius 3 is 2.47 bits per heavy atom. The van der Waals surface area contributed by atoms with Gasteiger partial charge in [-0.15, -0.1) is 21.5 Å². The van der Waals surface area contributed by atoms with Crippen molar-refractivity contribution in [2.45, 2.75) is 24.5 Å². The summed E-state index contributed by atoms with van der Waals surface area (Å²) in [4.78, 5) is 13.2. The predicted molar refractivity (Wildman–Crippen MR) is 123 cm³/mol. The van der Waals surface area contributed by atoms with E-state index in [4.69, 9.17) is 0 Å². The van der Waals surface area contributed by atoms with E-state index in [0.29, 0.717) is 13.0 Å². The fraction of sp³-hybridized carbons (Fsp3) is 0.174. The van der Waals surface area contributed by atoms with Gasteiger partial charge < -0.3 is 5.32 Å². The quantitative estimate of drug-likeness (QED) is 0.291. The van der Waals surface area contributed by atoms with Crippen LogP contribution in [0.5, 0.6) is 0 Å². The highest BCUT2D eigenvalue weighted by atomic mass is 32.2. The van der Waals surface area contributed by atoms with E-state index in [1.165, 1.54) is 0 Å². The minimum atomic E-state index is 0.0725. The molecule has 0 aliphatic carbocycles. The number of thioether (sulfide) groups is 1. The molecule has 5 nitrogen and oxygen atoms in total. The van der Waals surface area contributed by atoms with Crippen molar-refractivity contribution in [3.63, 3.8) is 0 Å². The monoisotopic (exact) mass is 434 g/mol.